The third-order valence-electron chi connectivity index (χ3n) is 5.09. The van der Waals surface area contributed by atoms with E-state index in [0.29, 0.717) is 31.1 Å². The highest BCUT2D eigenvalue weighted by molar-refractivity contribution is 5.93. The lowest BCUT2D eigenvalue weighted by Gasteiger charge is -2.19. The van der Waals surface area contributed by atoms with Crippen LogP contribution in [0, 0.1) is 0 Å². The van der Waals surface area contributed by atoms with Crippen molar-refractivity contribution < 1.29 is 14.3 Å². The first-order chi connectivity index (χ1) is 13.5. The summed E-state index contributed by atoms with van der Waals surface area (Å²) in [5.74, 6) is 0. The van der Waals surface area contributed by atoms with Gasteiger partial charge >= 0.3 is 12.1 Å². The Balaban J connectivity index is 1.40. The molecule has 4 rings (SSSR count). The SMILES string of the molecule is CN1Cc2ccc(CN(C)C(=O)Nc3cccc(N4CCOC4=O)c3)cc2C1. The van der Waals surface area contributed by atoms with Crippen LogP contribution in [-0.4, -0.2) is 49.2 Å². The summed E-state index contributed by atoms with van der Waals surface area (Å²) in [5.41, 5.74) is 5.16. The van der Waals surface area contributed by atoms with Gasteiger partial charge in [0.15, 0.2) is 0 Å². The standard InChI is InChI=1S/C21H24N4O3/c1-23-13-16-7-6-15(10-17(16)14-23)12-24(2)20(26)22-18-4-3-5-19(11-18)25-8-9-28-21(25)27/h3-7,10-11H,8-9,12-14H2,1-2H3,(H,22,26). The van der Waals surface area contributed by atoms with Gasteiger partial charge in [0.05, 0.1) is 6.54 Å². The van der Waals surface area contributed by atoms with E-state index in [1.807, 2.05) is 18.2 Å². The van der Waals surface area contributed by atoms with Crippen LogP contribution in [0.2, 0.25) is 0 Å². The number of ether oxygens (including phenoxy) is 1. The van der Waals surface area contributed by atoms with Crippen LogP contribution in [0.5, 0.6) is 0 Å². The van der Waals surface area contributed by atoms with Crippen molar-refractivity contribution in [3.05, 3.63) is 59.2 Å². The van der Waals surface area contributed by atoms with Crippen LogP contribution in [0.1, 0.15) is 16.7 Å². The predicted molar refractivity (Wildman–Crippen MR) is 107 cm³/mol. The van der Waals surface area contributed by atoms with Gasteiger partial charge in [0.25, 0.3) is 0 Å². The summed E-state index contributed by atoms with van der Waals surface area (Å²) in [6.45, 7) is 3.36. The molecule has 2 aromatic carbocycles. The molecule has 1 saturated heterocycles. The predicted octanol–water partition coefficient (Wildman–Crippen LogP) is 3.25. The average molecular weight is 380 g/mol. The molecule has 0 bridgehead atoms. The van der Waals surface area contributed by atoms with Gasteiger partial charge in [0.1, 0.15) is 6.61 Å². The maximum atomic E-state index is 12.6. The van der Waals surface area contributed by atoms with E-state index in [2.05, 4.69) is 35.5 Å². The number of carbonyl (C=O) groups is 2. The van der Waals surface area contributed by atoms with Gasteiger partial charge in [-0.3, -0.25) is 9.80 Å². The highest BCUT2D eigenvalue weighted by Gasteiger charge is 2.24. The van der Waals surface area contributed by atoms with Crippen LogP contribution < -0.4 is 10.2 Å². The Morgan fingerprint density at radius 2 is 2.00 bits per heavy atom. The summed E-state index contributed by atoms with van der Waals surface area (Å²) in [6.07, 6.45) is -0.358. The van der Waals surface area contributed by atoms with E-state index in [0.717, 1.165) is 18.7 Å². The fourth-order valence-electron chi connectivity index (χ4n) is 3.66. The van der Waals surface area contributed by atoms with Gasteiger partial charge < -0.3 is 15.0 Å². The fourth-order valence-corrected chi connectivity index (χ4v) is 3.66. The molecule has 1 N–H and O–H groups in total. The van der Waals surface area contributed by atoms with Crippen molar-refractivity contribution in [3.8, 4) is 0 Å². The highest BCUT2D eigenvalue weighted by Crippen LogP contribution is 2.24. The summed E-state index contributed by atoms with van der Waals surface area (Å²) in [6, 6.07) is 13.5. The van der Waals surface area contributed by atoms with Crippen molar-refractivity contribution in [1.82, 2.24) is 9.80 Å². The van der Waals surface area contributed by atoms with E-state index in [1.165, 1.54) is 11.1 Å². The number of carbonyl (C=O) groups excluding carboxylic acids is 2. The molecule has 0 atom stereocenters. The Hall–Kier alpha value is -3.06. The van der Waals surface area contributed by atoms with Crippen molar-refractivity contribution >= 4 is 23.5 Å². The van der Waals surface area contributed by atoms with E-state index in [1.54, 1.807) is 22.9 Å². The molecule has 7 nitrogen and oxygen atoms in total. The Bertz CT molecular complexity index is 914. The number of urea groups is 1. The molecule has 2 aromatic rings. The van der Waals surface area contributed by atoms with Gasteiger partial charge in [-0.05, 0) is 41.9 Å². The van der Waals surface area contributed by atoms with E-state index in [4.69, 9.17) is 4.74 Å². The van der Waals surface area contributed by atoms with Crippen LogP contribution in [0.15, 0.2) is 42.5 Å². The normalized spacial score (nSPS) is 16.1. The number of nitrogens with one attached hydrogen (secondary N) is 1. The minimum atomic E-state index is -0.358. The Morgan fingerprint density at radius 3 is 2.79 bits per heavy atom. The van der Waals surface area contributed by atoms with E-state index in [-0.39, 0.29) is 12.1 Å². The fraction of sp³-hybridized carbons (Fsp3) is 0.333. The zero-order valence-electron chi connectivity index (χ0n) is 16.1. The van der Waals surface area contributed by atoms with Gasteiger partial charge in [-0.15, -0.1) is 0 Å². The summed E-state index contributed by atoms with van der Waals surface area (Å²) >= 11 is 0. The molecule has 7 heteroatoms. The topological polar surface area (TPSA) is 65.1 Å². The number of amides is 3. The van der Waals surface area contributed by atoms with Gasteiger partial charge in [0, 0.05) is 38.1 Å². The second kappa shape index (κ2) is 7.52. The zero-order valence-corrected chi connectivity index (χ0v) is 16.1. The molecule has 146 valence electrons. The third kappa shape index (κ3) is 3.80. The van der Waals surface area contributed by atoms with Gasteiger partial charge in [-0.2, -0.15) is 0 Å². The van der Waals surface area contributed by atoms with Crippen molar-refractivity contribution in [1.29, 1.82) is 0 Å². The first-order valence-corrected chi connectivity index (χ1v) is 9.35. The smallest absolute Gasteiger partial charge is 0.414 e. The first-order valence-electron chi connectivity index (χ1n) is 9.35. The van der Waals surface area contributed by atoms with Crippen LogP contribution in [0.4, 0.5) is 21.0 Å². The number of anilines is 2. The molecule has 0 aliphatic carbocycles. The molecular formula is C21H24N4O3. The van der Waals surface area contributed by atoms with Gasteiger partial charge in [-0.25, -0.2) is 9.59 Å². The first kappa shape index (κ1) is 18.3. The largest absolute Gasteiger partial charge is 0.447 e. The number of cyclic esters (lactones) is 1. The van der Waals surface area contributed by atoms with Crippen molar-refractivity contribution in [3.63, 3.8) is 0 Å². The zero-order chi connectivity index (χ0) is 19.7. The van der Waals surface area contributed by atoms with Crippen molar-refractivity contribution in [2.45, 2.75) is 19.6 Å². The molecule has 0 spiro atoms. The summed E-state index contributed by atoms with van der Waals surface area (Å²) in [4.78, 5) is 29.8. The third-order valence-corrected chi connectivity index (χ3v) is 5.09. The minimum Gasteiger partial charge on any atom is -0.447 e. The molecule has 1 fully saturated rings. The highest BCUT2D eigenvalue weighted by atomic mass is 16.6. The van der Waals surface area contributed by atoms with Crippen LogP contribution in [0.25, 0.3) is 0 Å². The lowest BCUT2D eigenvalue weighted by Crippen LogP contribution is -2.31. The van der Waals surface area contributed by atoms with Crippen molar-refractivity contribution in [2.24, 2.45) is 0 Å². The monoisotopic (exact) mass is 380 g/mol. The average Bonchev–Trinajstić information content (AvgIpc) is 3.26. The molecule has 2 aliphatic heterocycles. The molecule has 0 radical (unpaired) electrons. The quantitative estimate of drug-likeness (QED) is 0.884. The number of hydrogen-bond acceptors (Lipinski definition) is 4. The van der Waals surface area contributed by atoms with E-state index in [9.17, 15) is 9.59 Å². The number of rotatable bonds is 4. The molecule has 3 amide bonds. The Morgan fingerprint density at radius 1 is 1.18 bits per heavy atom. The van der Waals surface area contributed by atoms with E-state index < -0.39 is 0 Å². The minimum absolute atomic E-state index is 0.196. The van der Waals surface area contributed by atoms with E-state index >= 15 is 0 Å². The summed E-state index contributed by atoms with van der Waals surface area (Å²) in [7, 11) is 3.88. The van der Waals surface area contributed by atoms with Crippen LogP contribution in [0.3, 0.4) is 0 Å². The number of nitrogens with zero attached hydrogens (tertiary/aromatic N) is 3. The lowest BCUT2D eigenvalue weighted by atomic mass is 10.1. The molecule has 2 heterocycles. The Kier molecular flexibility index (Phi) is 4.92. The van der Waals surface area contributed by atoms with Crippen LogP contribution in [-0.2, 0) is 24.4 Å². The molecule has 0 aromatic heterocycles. The number of benzene rings is 2. The molecule has 2 aliphatic rings. The maximum absolute atomic E-state index is 12.6. The summed E-state index contributed by atoms with van der Waals surface area (Å²) < 4.78 is 4.97. The second-order valence-corrected chi connectivity index (χ2v) is 7.38. The molecular weight excluding hydrogens is 356 g/mol. The van der Waals surface area contributed by atoms with Crippen LogP contribution >= 0.6 is 0 Å². The number of hydrogen-bond donors (Lipinski definition) is 1. The van der Waals surface area contributed by atoms with Gasteiger partial charge in [0.2, 0.25) is 0 Å². The molecule has 0 saturated carbocycles. The molecule has 0 unspecified atom stereocenters. The Labute approximate surface area is 164 Å². The second-order valence-electron chi connectivity index (χ2n) is 7.38. The summed E-state index contributed by atoms with van der Waals surface area (Å²) in [5, 5.41) is 2.90. The molecule has 28 heavy (non-hydrogen) atoms. The lowest BCUT2D eigenvalue weighted by molar-refractivity contribution is 0.181. The maximum Gasteiger partial charge on any atom is 0.414 e. The van der Waals surface area contributed by atoms with Gasteiger partial charge in [-0.1, -0.05) is 24.3 Å². The number of fused-ring (bicyclic) bond motifs is 1. The van der Waals surface area contributed by atoms with Crippen molar-refractivity contribution in [2.75, 3.05) is 37.5 Å².